The molecule has 1 unspecified atom stereocenters. The number of nitrogens with zero attached hydrogens (tertiary/aromatic N) is 4. The van der Waals surface area contributed by atoms with Crippen molar-refractivity contribution >= 4 is 51.7 Å². The van der Waals surface area contributed by atoms with Gasteiger partial charge < -0.3 is 14.9 Å². The third-order valence-electron chi connectivity index (χ3n) is 5.68. The first-order chi connectivity index (χ1) is 15.6. The Labute approximate surface area is 202 Å². The van der Waals surface area contributed by atoms with Gasteiger partial charge in [0.2, 0.25) is 0 Å². The van der Waals surface area contributed by atoms with E-state index in [0.717, 1.165) is 47.5 Å². The largest absolute Gasteiger partial charge is 0.379 e. The molecule has 2 atom stereocenters. The number of halogens is 3. The zero-order valence-electron chi connectivity index (χ0n) is 17.9. The molecule has 9 heteroatoms. The molecule has 1 fully saturated rings. The summed E-state index contributed by atoms with van der Waals surface area (Å²) in [5, 5.41) is 5.11. The lowest BCUT2D eigenvalue weighted by Gasteiger charge is -2.14. The molecule has 3 heterocycles. The Hall–Kier alpha value is -2.28. The minimum atomic E-state index is 0.311. The van der Waals surface area contributed by atoms with Crippen LogP contribution < -0.4 is 5.32 Å². The van der Waals surface area contributed by atoms with E-state index in [4.69, 9.17) is 34.8 Å². The molecule has 6 nitrogen and oxygen atoms in total. The Morgan fingerprint density at radius 1 is 1.12 bits per heavy atom. The van der Waals surface area contributed by atoms with Gasteiger partial charge in [-0.3, -0.25) is 0 Å². The summed E-state index contributed by atoms with van der Waals surface area (Å²) in [4.78, 5) is 16.9. The van der Waals surface area contributed by atoms with Crippen LogP contribution in [-0.2, 0) is 6.54 Å². The molecule has 0 spiro atoms. The lowest BCUT2D eigenvalue weighted by molar-refractivity contribution is 0.517. The topological polar surface area (TPSA) is 71.4 Å². The minimum absolute atomic E-state index is 0.311. The molecule has 0 radical (unpaired) electrons. The number of anilines is 1. The number of hydrogen-bond acceptors (Lipinski definition) is 4. The fourth-order valence-corrected chi connectivity index (χ4v) is 4.78. The Morgan fingerprint density at radius 3 is 2.75 bits per heavy atom. The van der Waals surface area contributed by atoms with E-state index in [9.17, 15) is 0 Å². The first-order valence-corrected chi connectivity index (χ1v) is 11.9. The molecular weight excluding hydrogens is 467 g/mol. The van der Waals surface area contributed by atoms with Crippen LogP contribution in [0.15, 0.2) is 43.0 Å². The van der Waals surface area contributed by atoms with Crippen LogP contribution in [0.1, 0.15) is 56.5 Å². The van der Waals surface area contributed by atoms with E-state index in [1.54, 1.807) is 24.4 Å². The molecule has 1 saturated carbocycles. The average molecular weight is 492 g/mol. The first kappa shape index (κ1) is 22.9. The van der Waals surface area contributed by atoms with Gasteiger partial charge in [-0.25, -0.2) is 15.0 Å². The summed E-state index contributed by atoms with van der Waals surface area (Å²) >= 11 is 18.8. The minimum Gasteiger partial charge on any atom is -0.379 e. The van der Waals surface area contributed by atoms with Crippen molar-refractivity contribution in [3.8, 4) is 0 Å². The van der Waals surface area contributed by atoms with E-state index in [-0.39, 0.29) is 0 Å². The monoisotopic (exact) mass is 490 g/mol. The van der Waals surface area contributed by atoms with Gasteiger partial charge in [0.05, 0.1) is 12.0 Å². The highest BCUT2D eigenvalue weighted by molar-refractivity contribution is 6.33. The van der Waals surface area contributed by atoms with Crippen molar-refractivity contribution in [3.63, 3.8) is 0 Å². The van der Waals surface area contributed by atoms with Gasteiger partial charge in [0.1, 0.15) is 16.5 Å². The molecule has 1 aromatic carbocycles. The molecule has 0 amide bonds. The summed E-state index contributed by atoms with van der Waals surface area (Å²) in [7, 11) is 0. The van der Waals surface area contributed by atoms with Crippen molar-refractivity contribution in [2.24, 2.45) is 0 Å². The van der Waals surface area contributed by atoms with E-state index in [0.29, 0.717) is 33.7 Å². The predicted octanol–water partition coefficient (Wildman–Crippen LogP) is 7.26. The number of H-pyrrole nitrogens is 1. The number of imidazole rings is 2. The standard InChI is InChI=1S/C21H19Cl3N6.C2H6/c22-14-2-4-16(23)13(7-14)10-27-17-9-18(24)29-21-19(17)28-11-30(21)15-3-1-12(8-15)20-25-5-6-26-20;1-2/h2,4-7,9,11-12,15H,1,3,8,10H2,(H,25,26)(H,27,29);1-2H3/t12-,15?;/m1./s1. The number of hydrogen-bond donors (Lipinski definition) is 2. The summed E-state index contributed by atoms with van der Waals surface area (Å²) in [6.45, 7) is 4.51. The normalized spacial score (nSPS) is 17.9. The fourth-order valence-electron chi connectivity index (χ4n) is 4.21. The predicted molar refractivity (Wildman–Crippen MR) is 132 cm³/mol. The number of rotatable bonds is 5. The van der Waals surface area contributed by atoms with Crippen molar-refractivity contribution in [1.29, 1.82) is 0 Å². The second kappa shape index (κ2) is 10.1. The van der Waals surface area contributed by atoms with Crippen molar-refractivity contribution < 1.29 is 0 Å². The summed E-state index contributed by atoms with van der Waals surface area (Å²) in [6.07, 6.45) is 8.67. The maximum Gasteiger partial charge on any atom is 0.163 e. The summed E-state index contributed by atoms with van der Waals surface area (Å²) in [6, 6.07) is 7.52. The van der Waals surface area contributed by atoms with Crippen molar-refractivity contribution in [2.45, 2.75) is 51.6 Å². The van der Waals surface area contributed by atoms with Gasteiger partial charge in [0.15, 0.2) is 5.65 Å². The van der Waals surface area contributed by atoms with Crippen LogP contribution in [0.4, 0.5) is 5.69 Å². The number of pyridine rings is 1. The maximum atomic E-state index is 6.35. The summed E-state index contributed by atoms with van der Waals surface area (Å²) in [5.74, 6) is 1.47. The highest BCUT2D eigenvalue weighted by atomic mass is 35.5. The molecule has 0 saturated heterocycles. The van der Waals surface area contributed by atoms with Gasteiger partial charge in [-0.15, -0.1) is 0 Å². The van der Waals surface area contributed by atoms with E-state index in [2.05, 4.69) is 29.8 Å². The van der Waals surface area contributed by atoms with Crippen LogP contribution in [0.5, 0.6) is 0 Å². The molecule has 168 valence electrons. The van der Waals surface area contributed by atoms with Crippen LogP contribution in [-0.4, -0.2) is 24.5 Å². The fraction of sp³-hybridized carbons (Fsp3) is 0.348. The molecule has 5 rings (SSSR count). The molecule has 3 aromatic heterocycles. The van der Waals surface area contributed by atoms with E-state index in [1.807, 2.05) is 32.4 Å². The Morgan fingerprint density at radius 2 is 1.97 bits per heavy atom. The van der Waals surface area contributed by atoms with Crippen molar-refractivity contribution in [1.82, 2.24) is 24.5 Å². The van der Waals surface area contributed by atoms with Crippen LogP contribution in [0.25, 0.3) is 11.2 Å². The van der Waals surface area contributed by atoms with Gasteiger partial charge in [0, 0.05) is 47.0 Å². The van der Waals surface area contributed by atoms with Crippen molar-refractivity contribution in [2.75, 3.05) is 5.32 Å². The number of aromatic nitrogens is 5. The van der Waals surface area contributed by atoms with Crippen LogP contribution >= 0.6 is 34.8 Å². The Kier molecular flexibility index (Phi) is 7.23. The quantitative estimate of drug-likeness (QED) is 0.288. The molecule has 1 aliphatic carbocycles. The average Bonchev–Trinajstić information content (AvgIpc) is 3.55. The molecule has 4 aromatic rings. The van der Waals surface area contributed by atoms with Crippen LogP contribution in [0.3, 0.4) is 0 Å². The van der Waals surface area contributed by atoms with E-state index >= 15 is 0 Å². The number of nitrogens with one attached hydrogen (secondary N) is 2. The molecular formula is C23H25Cl3N6. The third kappa shape index (κ3) is 4.72. The number of fused-ring (bicyclic) bond motifs is 1. The summed E-state index contributed by atoms with van der Waals surface area (Å²) < 4.78 is 2.14. The molecule has 1 aliphatic rings. The smallest absolute Gasteiger partial charge is 0.163 e. The second-order valence-electron chi connectivity index (χ2n) is 7.54. The first-order valence-electron chi connectivity index (χ1n) is 10.8. The maximum absolute atomic E-state index is 6.35. The third-order valence-corrected chi connectivity index (χ3v) is 6.48. The highest BCUT2D eigenvalue weighted by Gasteiger charge is 2.30. The van der Waals surface area contributed by atoms with Gasteiger partial charge >= 0.3 is 0 Å². The van der Waals surface area contributed by atoms with Gasteiger partial charge in [0.25, 0.3) is 0 Å². The lowest BCUT2D eigenvalue weighted by atomic mass is 10.1. The Bertz CT molecular complexity index is 1190. The zero-order chi connectivity index (χ0) is 22.7. The molecule has 0 aliphatic heterocycles. The van der Waals surface area contributed by atoms with E-state index in [1.165, 1.54) is 0 Å². The number of aromatic amines is 1. The number of benzene rings is 1. The molecule has 0 bridgehead atoms. The second-order valence-corrected chi connectivity index (χ2v) is 8.77. The van der Waals surface area contributed by atoms with Crippen LogP contribution in [0, 0.1) is 0 Å². The Balaban J connectivity index is 0.00000119. The summed E-state index contributed by atoms with van der Waals surface area (Å²) in [5.41, 5.74) is 3.30. The van der Waals surface area contributed by atoms with Gasteiger partial charge in [-0.1, -0.05) is 48.7 Å². The van der Waals surface area contributed by atoms with Crippen LogP contribution in [0.2, 0.25) is 15.2 Å². The molecule has 2 N–H and O–H groups in total. The SMILES string of the molecule is CC.Clc1ccc(Cl)c(CNc2cc(Cl)nc3c2ncn3C2CC[C@@H](c3ncc[nH]3)C2)c1. The zero-order valence-corrected chi connectivity index (χ0v) is 20.2. The molecule has 32 heavy (non-hydrogen) atoms. The highest BCUT2D eigenvalue weighted by Crippen LogP contribution is 2.41. The lowest BCUT2D eigenvalue weighted by Crippen LogP contribution is -2.06. The van der Waals surface area contributed by atoms with E-state index < -0.39 is 0 Å². The van der Waals surface area contributed by atoms with Gasteiger partial charge in [-0.2, -0.15) is 0 Å². The van der Waals surface area contributed by atoms with Crippen molar-refractivity contribution in [3.05, 3.63) is 69.6 Å². The van der Waals surface area contributed by atoms with Gasteiger partial charge in [-0.05, 0) is 43.0 Å².